The average molecular weight is 342 g/mol. The second-order valence-electron chi connectivity index (χ2n) is 5.12. The molecule has 1 amide bonds. The van der Waals surface area contributed by atoms with Crippen LogP contribution in [0.15, 0.2) is 22.7 Å². The number of para-hydroxylation sites is 1. The number of anilines is 1. The summed E-state index contributed by atoms with van der Waals surface area (Å²) >= 11 is 12.1. The summed E-state index contributed by atoms with van der Waals surface area (Å²) < 4.78 is 5.12. The molecule has 0 aliphatic carbocycles. The minimum atomic E-state index is -0.190. The minimum Gasteiger partial charge on any atom is -0.361 e. The Morgan fingerprint density at radius 3 is 2.50 bits per heavy atom. The monoisotopic (exact) mass is 341 g/mol. The highest BCUT2D eigenvalue weighted by Crippen LogP contribution is 2.29. The number of carbonyl (C=O) groups excluding carboxylic acids is 1. The molecule has 22 heavy (non-hydrogen) atoms. The molecule has 0 unspecified atom stereocenters. The number of halogens is 2. The maximum atomic E-state index is 12.1. The second-order valence-corrected chi connectivity index (χ2v) is 5.93. The van der Waals surface area contributed by atoms with Crippen LogP contribution in [0.4, 0.5) is 5.69 Å². The third kappa shape index (κ3) is 4.00. The van der Waals surface area contributed by atoms with E-state index in [4.69, 9.17) is 27.7 Å². The van der Waals surface area contributed by atoms with E-state index in [1.54, 1.807) is 18.2 Å². The van der Waals surface area contributed by atoms with Crippen molar-refractivity contribution in [2.45, 2.75) is 20.4 Å². The van der Waals surface area contributed by atoms with E-state index in [0.717, 1.165) is 17.0 Å². The number of hydrogen-bond acceptors (Lipinski definition) is 4. The van der Waals surface area contributed by atoms with Gasteiger partial charge in [0.25, 0.3) is 0 Å². The first-order valence-corrected chi connectivity index (χ1v) is 7.48. The molecule has 0 atom stereocenters. The number of nitrogens with one attached hydrogen (secondary N) is 1. The second kappa shape index (κ2) is 7.13. The summed E-state index contributed by atoms with van der Waals surface area (Å²) in [7, 11) is 1.85. The number of aryl methyl sites for hydroxylation is 2. The van der Waals surface area contributed by atoms with Gasteiger partial charge in [-0.25, -0.2) is 0 Å². The fourth-order valence-corrected chi connectivity index (χ4v) is 2.59. The van der Waals surface area contributed by atoms with Gasteiger partial charge in [-0.1, -0.05) is 34.4 Å². The standard InChI is InChI=1S/C15H17Cl2N3O2/c1-9-11(10(2)22-19-9)7-20(3)8-14(21)18-15-12(16)5-4-6-13(15)17/h4-6H,7-8H2,1-3H3,(H,18,21). The van der Waals surface area contributed by atoms with Crippen LogP contribution in [0.5, 0.6) is 0 Å². The normalized spacial score (nSPS) is 11.0. The van der Waals surface area contributed by atoms with Crippen molar-refractivity contribution in [3.05, 3.63) is 45.3 Å². The van der Waals surface area contributed by atoms with Crippen LogP contribution in [0.25, 0.3) is 0 Å². The predicted octanol–water partition coefficient (Wildman–Crippen LogP) is 3.67. The molecule has 7 heteroatoms. The number of hydrogen-bond donors (Lipinski definition) is 1. The zero-order chi connectivity index (χ0) is 16.3. The van der Waals surface area contributed by atoms with Crippen LogP contribution in [-0.4, -0.2) is 29.6 Å². The van der Waals surface area contributed by atoms with E-state index in [9.17, 15) is 4.79 Å². The summed E-state index contributed by atoms with van der Waals surface area (Å²) in [5.74, 6) is 0.572. The molecule has 0 spiro atoms. The fourth-order valence-electron chi connectivity index (χ4n) is 2.09. The summed E-state index contributed by atoms with van der Waals surface area (Å²) in [6, 6.07) is 5.08. The van der Waals surface area contributed by atoms with Crippen LogP contribution in [0.3, 0.4) is 0 Å². The highest BCUT2D eigenvalue weighted by molar-refractivity contribution is 6.39. The van der Waals surface area contributed by atoms with Crippen molar-refractivity contribution >= 4 is 34.8 Å². The molecule has 1 aromatic carbocycles. The molecule has 5 nitrogen and oxygen atoms in total. The molecule has 1 aromatic heterocycles. The van der Waals surface area contributed by atoms with Crippen LogP contribution in [0, 0.1) is 13.8 Å². The molecule has 0 radical (unpaired) electrons. The lowest BCUT2D eigenvalue weighted by Crippen LogP contribution is -2.30. The summed E-state index contributed by atoms with van der Waals surface area (Å²) in [6.07, 6.45) is 0. The highest BCUT2D eigenvalue weighted by atomic mass is 35.5. The SMILES string of the molecule is Cc1noc(C)c1CN(C)CC(=O)Nc1c(Cl)cccc1Cl. The van der Waals surface area contributed by atoms with Gasteiger partial charge in [0.1, 0.15) is 5.76 Å². The van der Waals surface area contributed by atoms with Crippen LogP contribution in [-0.2, 0) is 11.3 Å². The Kier molecular flexibility index (Phi) is 5.45. The van der Waals surface area contributed by atoms with Crippen molar-refractivity contribution in [3.63, 3.8) is 0 Å². The lowest BCUT2D eigenvalue weighted by Gasteiger charge is -2.17. The zero-order valence-electron chi connectivity index (χ0n) is 12.6. The van der Waals surface area contributed by atoms with E-state index in [1.807, 2.05) is 25.8 Å². The first-order valence-electron chi connectivity index (χ1n) is 6.72. The van der Waals surface area contributed by atoms with Crippen LogP contribution in [0.2, 0.25) is 10.0 Å². The molecule has 0 saturated heterocycles. The smallest absolute Gasteiger partial charge is 0.238 e. The van der Waals surface area contributed by atoms with E-state index in [-0.39, 0.29) is 12.5 Å². The summed E-state index contributed by atoms with van der Waals surface area (Å²) in [5.41, 5.74) is 2.26. The van der Waals surface area contributed by atoms with E-state index in [1.165, 1.54) is 0 Å². The molecular weight excluding hydrogens is 325 g/mol. The van der Waals surface area contributed by atoms with Crippen molar-refractivity contribution in [2.75, 3.05) is 18.9 Å². The van der Waals surface area contributed by atoms with Crippen molar-refractivity contribution in [2.24, 2.45) is 0 Å². The Morgan fingerprint density at radius 1 is 1.32 bits per heavy atom. The summed E-state index contributed by atoms with van der Waals surface area (Å²) in [4.78, 5) is 14.0. The van der Waals surface area contributed by atoms with Gasteiger partial charge in [-0.15, -0.1) is 0 Å². The van der Waals surface area contributed by atoms with Crippen LogP contribution in [0.1, 0.15) is 17.0 Å². The average Bonchev–Trinajstić information content (AvgIpc) is 2.75. The highest BCUT2D eigenvalue weighted by Gasteiger charge is 2.15. The number of likely N-dealkylation sites (N-methyl/N-ethyl adjacent to an activating group) is 1. The molecule has 2 rings (SSSR count). The number of carbonyl (C=O) groups is 1. The minimum absolute atomic E-state index is 0.190. The van der Waals surface area contributed by atoms with Gasteiger partial charge in [0.15, 0.2) is 0 Å². The third-order valence-corrected chi connectivity index (χ3v) is 3.88. The van der Waals surface area contributed by atoms with Gasteiger partial charge in [0, 0.05) is 12.1 Å². The van der Waals surface area contributed by atoms with E-state index in [2.05, 4.69) is 10.5 Å². The lowest BCUT2D eigenvalue weighted by molar-refractivity contribution is -0.117. The number of benzene rings is 1. The Hall–Kier alpha value is -1.56. The van der Waals surface area contributed by atoms with E-state index < -0.39 is 0 Å². The third-order valence-electron chi connectivity index (χ3n) is 3.25. The van der Waals surface area contributed by atoms with Crippen LogP contribution < -0.4 is 5.32 Å². The molecule has 0 fully saturated rings. The van der Waals surface area contributed by atoms with Crippen molar-refractivity contribution in [3.8, 4) is 0 Å². The molecular formula is C15H17Cl2N3O2. The van der Waals surface area contributed by atoms with E-state index >= 15 is 0 Å². The molecule has 2 aromatic rings. The number of aromatic nitrogens is 1. The summed E-state index contributed by atoms with van der Waals surface area (Å²) in [6.45, 7) is 4.51. The predicted molar refractivity (Wildman–Crippen MR) is 87.4 cm³/mol. The fraction of sp³-hybridized carbons (Fsp3) is 0.333. The van der Waals surface area contributed by atoms with Gasteiger partial charge in [-0.2, -0.15) is 0 Å². The first kappa shape index (κ1) is 16.8. The Labute approximate surface area is 139 Å². The maximum absolute atomic E-state index is 12.1. The van der Waals surface area contributed by atoms with Crippen molar-refractivity contribution in [1.29, 1.82) is 0 Å². The zero-order valence-corrected chi connectivity index (χ0v) is 14.1. The lowest BCUT2D eigenvalue weighted by atomic mass is 10.2. The topological polar surface area (TPSA) is 58.4 Å². The van der Waals surface area contributed by atoms with Gasteiger partial charge in [-0.3, -0.25) is 9.69 Å². The molecule has 118 valence electrons. The summed E-state index contributed by atoms with van der Waals surface area (Å²) in [5, 5.41) is 7.46. The van der Waals surface area contributed by atoms with E-state index in [0.29, 0.717) is 22.3 Å². The van der Waals surface area contributed by atoms with Crippen LogP contribution >= 0.6 is 23.2 Å². The van der Waals surface area contributed by atoms with Crippen molar-refractivity contribution in [1.82, 2.24) is 10.1 Å². The van der Waals surface area contributed by atoms with Crippen molar-refractivity contribution < 1.29 is 9.32 Å². The number of amides is 1. The largest absolute Gasteiger partial charge is 0.361 e. The number of rotatable bonds is 5. The maximum Gasteiger partial charge on any atom is 0.238 e. The molecule has 1 N–H and O–H groups in total. The van der Waals surface area contributed by atoms with Gasteiger partial charge in [0.2, 0.25) is 5.91 Å². The van der Waals surface area contributed by atoms with Gasteiger partial charge in [0.05, 0.1) is 28.0 Å². The Bertz CT molecular complexity index is 646. The van der Waals surface area contributed by atoms with Gasteiger partial charge >= 0.3 is 0 Å². The first-order chi connectivity index (χ1) is 10.4. The Morgan fingerprint density at radius 2 is 1.95 bits per heavy atom. The van der Waals surface area contributed by atoms with Gasteiger partial charge in [-0.05, 0) is 33.0 Å². The molecule has 0 aliphatic heterocycles. The molecule has 0 aliphatic rings. The van der Waals surface area contributed by atoms with Gasteiger partial charge < -0.3 is 9.84 Å². The number of nitrogens with zero attached hydrogens (tertiary/aromatic N) is 2. The molecule has 0 bridgehead atoms. The quantitative estimate of drug-likeness (QED) is 0.901. The Balaban J connectivity index is 1.97. The molecule has 0 saturated carbocycles. The molecule has 1 heterocycles.